The normalized spacial score (nSPS) is 13.1. The van der Waals surface area contributed by atoms with Crippen molar-refractivity contribution in [1.82, 2.24) is 25.7 Å². The Morgan fingerprint density at radius 3 is 2.48 bits per heavy atom. The molecule has 0 bridgehead atoms. The molecule has 1 aromatic carbocycles. The average Bonchev–Trinajstić information content (AvgIpc) is 3.07. The van der Waals surface area contributed by atoms with Crippen LogP contribution >= 0.6 is 0 Å². The van der Waals surface area contributed by atoms with Gasteiger partial charge in [0.15, 0.2) is 11.8 Å². The summed E-state index contributed by atoms with van der Waals surface area (Å²) in [5.41, 5.74) is 1.29. The number of likely N-dealkylation sites (N-methyl/N-ethyl adjacent to an activating group) is 1. The van der Waals surface area contributed by atoms with Crippen LogP contribution in [0.5, 0.6) is 0 Å². The molecule has 0 aliphatic heterocycles. The number of aliphatic imine (C=N–C) groups is 1. The van der Waals surface area contributed by atoms with Crippen molar-refractivity contribution in [3.05, 3.63) is 47.6 Å². The molecule has 1 atom stereocenters. The Bertz CT molecular complexity index is 651. The van der Waals surface area contributed by atoms with Crippen LogP contribution in [0.3, 0.4) is 0 Å². The predicted molar refractivity (Wildman–Crippen MR) is 99.3 cm³/mol. The maximum absolute atomic E-state index is 5.11. The van der Waals surface area contributed by atoms with Gasteiger partial charge in [-0.1, -0.05) is 49.3 Å². The van der Waals surface area contributed by atoms with E-state index in [9.17, 15) is 0 Å². The Labute approximate surface area is 149 Å². The molecule has 1 heterocycles. The molecule has 1 aromatic heterocycles. The highest BCUT2D eigenvalue weighted by Crippen LogP contribution is 2.19. The first-order valence-electron chi connectivity index (χ1n) is 8.70. The zero-order chi connectivity index (χ0) is 18.1. The van der Waals surface area contributed by atoms with Gasteiger partial charge in [-0.15, -0.1) is 0 Å². The first-order valence-corrected chi connectivity index (χ1v) is 8.70. The minimum absolute atomic E-state index is 0.278. The van der Waals surface area contributed by atoms with Crippen LogP contribution in [-0.2, 0) is 6.54 Å². The van der Waals surface area contributed by atoms with E-state index in [1.54, 1.807) is 14.0 Å². The highest BCUT2D eigenvalue weighted by molar-refractivity contribution is 5.79. The number of nitrogens with zero attached hydrogens (tertiary/aromatic N) is 4. The summed E-state index contributed by atoms with van der Waals surface area (Å²) < 4.78 is 5.11. The highest BCUT2D eigenvalue weighted by atomic mass is 16.5. The summed E-state index contributed by atoms with van der Waals surface area (Å²) in [6, 6.07) is 10.8. The highest BCUT2D eigenvalue weighted by Gasteiger charge is 2.18. The van der Waals surface area contributed by atoms with E-state index in [4.69, 9.17) is 4.52 Å². The quantitative estimate of drug-likeness (QED) is 0.564. The minimum Gasteiger partial charge on any atom is -0.354 e. The average molecular weight is 344 g/mol. The monoisotopic (exact) mass is 344 g/mol. The van der Waals surface area contributed by atoms with Gasteiger partial charge in [-0.2, -0.15) is 4.98 Å². The summed E-state index contributed by atoms with van der Waals surface area (Å²) in [7, 11) is 1.75. The largest absolute Gasteiger partial charge is 0.354 e. The van der Waals surface area contributed by atoms with E-state index in [1.807, 2.05) is 6.07 Å². The fourth-order valence-electron chi connectivity index (χ4n) is 2.78. The molecule has 0 amide bonds. The molecular weight excluding hydrogens is 316 g/mol. The van der Waals surface area contributed by atoms with Crippen LogP contribution < -0.4 is 10.6 Å². The molecule has 2 rings (SSSR count). The Kier molecular flexibility index (Phi) is 7.40. The van der Waals surface area contributed by atoms with Gasteiger partial charge in [-0.3, -0.25) is 9.89 Å². The van der Waals surface area contributed by atoms with E-state index in [0.717, 1.165) is 19.6 Å². The van der Waals surface area contributed by atoms with Gasteiger partial charge in [-0.05, 0) is 25.6 Å². The van der Waals surface area contributed by atoms with E-state index in [-0.39, 0.29) is 6.04 Å². The smallest absolute Gasteiger partial charge is 0.246 e. The minimum atomic E-state index is 0.278. The standard InChI is InChI=1S/C18H28N6O/c1-5-24(6-2)16(15-10-8-7-9-11-15)12-20-18(19-4)21-13-17-22-14(3)23-25-17/h7-11,16H,5-6,12-13H2,1-4H3,(H2,19,20,21). The summed E-state index contributed by atoms with van der Waals surface area (Å²) in [6.45, 7) is 9.36. The van der Waals surface area contributed by atoms with Gasteiger partial charge >= 0.3 is 0 Å². The lowest BCUT2D eigenvalue weighted by atomic mass is 10.1. The second kappa shape index (κ2) is 9.78. The Morgan fingerprint density at radius 2 is 1.92 bits per heavy atom. The van der Waals surface area contributed by atoms with Crippen LogP contribution in [0.2, 0.25) is 0 Å². The number of hydrogen-bond donors (Lipinski definition) is 2. The number of nitrogens with one attached hydrogen (secondary N) is 2. The molecule has 0 radical (unpaired) electrons. The third-order valence-electron chi connectivity index (χ3n) is 4.10. The van der Waals surface area contributed by atoms with E-state index in [0.29, 0.717) is 24.2 Å². The Balaban J connectivity index is 1.97. The van der Waals surface area contributed by atoms with Crippen molar-refractivity contribution in [3.8, 4) is 0 Å². The third kappa shape index (κ3) is 5.56. The topological polar surface area (TPSA) is 78.6 Å². The van der Waals surface area contributed by atoms with Crippen molar-refractivity contribution in [2.75, 3.05) is 26.7 Å². The SMILES string of the molecule is CCN(CC)C(CNC(=NC)NCc1nc(C)no1)c1ccccc1. The van der Waals surface area contributed by atoms with Crippen molar-refractivity contribution >= 4 is 5.96 Å². The maximum Gasteiger partial charge on any atom is 0.246 e. The van der Waals surface area contributed by atoms with Crippen LogP contribution in [0.1, 0.15) is 37.2 Å². The van der Waals surface area contributed by atoms with Crippen LogP contribution in [0.4, 0.5) is 0 Å². The summed E-state index contributed by atoms with van der Waals surface area (Å²) in [4.78, 5) is 10.9. The molecule has 0 aliphatic rings. The summed E-state index contributed by atoms with van der Waals surface area (Å²) in [6.07, 6.45) is 0. The molecule has 0 saturated heterocycles. The first-order chi connectivity index (χ1) is 12.2. The van der Waals surface area contributed by atoms with Gasteiger partial charge in [0.2, 0.25) is 5.89 Å². The molecule has 7 nitrogen and oxygen atoms in total. The molecule has 0 spiro atoms. The first kappa shape index (κ1) is 18.9. The van der Waals surface area contributed by atoms with Crippen LogP contribution in [0.25, 0.3) is 0 Å². The van der Waals surface area contributed by atoms with E-state index in [1.165, 1.54) is 5.56 Å². The van der Waals surface area contributed by atoms with Gasteiger partial charge in [0.05, 0.1) is 12.6 Å². The van der Waals surface area contributed by atoms with Crippen molar-refractivity contribution in [2.45, 2.75) is 33.4 Å². The van der Waals surface area contributed by atoms with Crippen LogP contribution in [0.15, 0.2) is 39.8 Å². The maximum atomic E-state index is 5.11. The lowest BCUT2D eigenvalue weighted by molar-refractivity contribution is 0.219. The molecule has 7 heteroatoms. The number of guanidine groups is 1. The Morgan fingerprint density at radius 1 is 1.20 bits per heavy atom. The van der Waals surface area contributed by atoms with Gasteiger partial charge in [0, 0.05) is 13.6 Å². The summed E-state index contributed by atoms with van der Waals surface area (Å²) in [5.74, 6) is 1.89. The lowest BCUT2D eigenvalue weighted by Gasteiger charge is -2.30. The number of hydrogen-bond acceptors (Lipinski definition) is 5. The molecule has 2 aromatic rings. The summed E-state index contributed by atoms with van der Waals surface area (Å²) in [5, 5.41) is 10.4. The van der Waals surface area contributed by atoms with Gasteiger partial charge in [0.1, 0.15) is 0 Å². The van der Waals surface area contributed by atoms with Crippen LogP contribution in [-0.4, -0.2) is 47.7 Å². The van der Waals surface area contributed by atoms with Gasteiger partial charge in [-0.25, -0.2) is 0 Å². The van der Waals surface area contributed by atoms with Gasteiger partial charge in [0.25, 0.3) is 0 Å². The molecule has 1 unspecified atom stereocenters. The second-order valence-electron chi connectivity index (χ2n) is 5.69. The Hall–Kier alpha value is -2.41. The second-order valence-corrected chi connectivity index (χ2v) is 5.69. The summed E-state index contributed by atoms with van der Waals surface area (Å²) >= 11 is 0. The van der Waals surface area contributed by atoms with Crippen molar-refractivity contribution in [1.29, 1.82) is 0 Å². The van der Waals surface area contributed by atoms with Crippen molar-refractivity contribution in [3.63, 3.8) is 0 Å². The third-order valence-corrected chi connectivity index (χ3v) is 4.10. The fourth-order valence-corrected chi connectivity index (χ4v) is 2.78. The molecule has 136 valence electrons. The van der Waals surface area contributed by atoms with Crippen molar-refractivity contribution in [2.24, 2.45) is 4.99 Å². The number of aromatic nitrogens is 2. The molecule has 2 N–H and O–H groups in total. The predicted octanol–water partition coefficient (Wildman–Crippen LogP) is 2.13. The molecular formula is C18H28N6O. The number of benzene rings is 1. The number of rotatable bonds is 8. The van der Waals surface area contributed by atoms with Gasteiger partial charge < -0.3 is 15.2 Å². The molecule has 25 heavy (non-hydrogen) atoms. The molecule has 0 aliphatic carbocycles. The van der Waals surface area contributed by atoms with Crippen molar-refractivity contribution < 1.29 is 4.52 Å². The molecule has 0 saturated carbocycles. The van der Waals surface area contributed by atoms with E-state index >= 15 is 0 Å². The zero-order valence-corrected chi connectivity index (χ0v) is 15.5. The van der Waals surface area contributed by atoms with E-state index in [2.05, 4.69) is 68.8 Å². The lowest BCUT2D eigenvalue weighted by Crippen LogP contribution is -2.43. The fraction of sp³-hybridized carbons (Fsp3) is 0.500. The zero-order valence-electron chi connectivity index (χ0n) is 15.5. The number of aryl methyl sites for hydroxylation is 1. The molecule has 0 fully saturated rings. The van der Waals surface area contributed by atoms with E-state index < -0.39 is 0 Å². The van der Waals surface area contributed by atoms with Crippen LogP contribution in [0, 0.1) is 6.92 Å².